The van der Waals surface area contributed by atoms with Crippen LogP contribution in [0.25, 0.3) is 0 Å². The number of hydrogen-bond donors (Lipinski definition) is 1. The summed E-state index contributed by atoms with van der Waals surface area (Å²) >= 11 is 2.00. The normalized spacial score (nSPS) is 26.0. The summed E-state index contributed by atoms with van der Waals surface area (Å²) in [5.41, 5.74) is 0. The van der Waals surface area contributed by atoms with E-state index in [1.54, 1.807) is 0 Å². The monoisotopic (exact) mass is 146 g/mol. The Morgan fingerprint density at radius 2 is 2.00 bits per heavy atom. The average molecular weight is 146 g/mol. The summed E-state index contributed by atoms with van der Waals surface area (Å²) in [5, 5.41) is 9.17. The Kier molecular flexibility index (Phi) is 2.86. The molecule has 9 heavy (non-hydrogen) atoms. The second-order valence-electron chi connectivity index (χ2n) is 2.69. The van der Waals surface area contributed by atoms with Crippen molar-refractivity contribution >= 4 is 11.8 Å². The van der Waals surface area contributed by atoms with Crippen molar-refractivity contribution in [3.05, 3.63) is 0 Å². The van der Waals surface area contributed by atoms with Gasteiger partial charge in [-0.2, -0.15) is 11.8 Å². The number of aliphatic hydroxyl groups is 1. The van der Waals surface area contributed by atoms with Crippen molar-refractivity contribution in [3.63, 3.8) is 0 Å². The summed E-state index contributed by atoms with van der Waals surface area (Å²) in [6.07, 6.45) is 2.34. The Morgan fingerprint density at radius 1 is 1.44 bits per heavy atom. The number of rotatable bonds is 1. The van der Waals surface area contributed by atoms with E-state index in [2.05, 4.69) is 0 Å². The molecule has 2 heteroatoms. The Labute approximate surface area is 60.8 Å². The van der Waals surface area contributed by atoms with Gasteiger partial charge in [0.2, 0.25) is 0 Å². The average Bonchev–Trinajstić information content (AvgIpc) is 1.90. The van der Waals surface area contributed by atoms with Crippen LogP contribution >= 0.6 is 11.8 Å². The van der Waals surface area contributed by atoms with Gasteiger partial charge >= 0.3 is 0 Å². The van der Waals surface area contributed by atoms with E-state index in [1.165, 1.54) is 24.3 Å². The highest BCUT2D eigenvalue weighted by atomic mass is 32.2. The van der Waals surface area contributed by atoms with Gasteiger partial charge in [-0.05, 0) is 37.2 Å². The van der Waals surface area contributed by atoms with E-state index in [-0.39, 0.29) is 6.10 Å². The molecular weight excluding hydrogens is 132 g/mol. The highest BCUT2D eigenvalue weighted by molar-refractivity contribution is 7.99. The lowest BCUT2D eigenvalue weighted by Crippen LogP contribution is -2.21. The van der Waals surface area contributed by atoms with Crippen molar-refractivity contribution in [2.24, 2.45) is 5.92 Å². The summed E-state index contributed by atoms with van der Waals surface area (Å²) < 4.78 is 0. The van der Waals surface area contributed by atoms with Gasteiger partial charge in [-0.3, -0.25) is 0 Å². The fourth-order valence-corrected chi connectivity index (χ4v) is 2.34. The Hall–Kier alpha value is 0.310. The van der Waals surface area contributed by atoms with Crippen molar-refractivity contribution in [1.29, 1.82) is 0 Å². The third kappa shape index (κ3) is 2.18. The molecule has 0 aromatic carbocycles. The molecule has 0 radical (unpaired) electrons. The minimum Gasteiger partial charge on any atom is -0.393 e. The first-order valence-corrected chi connectivity index (χ1v) is 4.72. The van der Waals surface area contributed by atoms with Crippen LogP contribution in [-0.2, 0) is 0 Å². The van der Waals surface area contributed by atoms with Crippen LogP contribution in [0.3, 0.4) is 0 Å². The van der Waals surface area contributed by atoms with Gasteiger partial charge in [0.05, 0.1) is 6.10 Å². The van der Waals surface area contributed by atoms with Crippen molar-refractivity contribution in [1.82, 2.24) is 0 Å². The third-order valence-electron chi connectivity index (χ3n) is 1.95. The SMILES string of the molecule is CC(O)C1CCSCC1. The highest BCUT2D eigenvalue weighted by Crippen LogP contribution is 2.24. The first-order valence-electron chi connectivity index (χ1n) is 3.56. The Bertz CT molecular complexity index is 77.0. The number of aliphatic hydroxyl groups excluding tert-OH is 1. The largest absolute Gasteiger partial charge is 0.393 e. The predicted octanol–water partition coefficient (Wildman–Crippen LogP) is 1.51. The molecule has 0 saturated carbocycles. The molecule has 1 fully saturated rings. The summed E-state index contributed by atoms with van der Waals surface area (Å²) in [6, 6.07) is 0. The van der Waals surface area contributed by atoms with E-state index < -0.39 is 0 Å². The van der Waals surface area contributed by atoms with Crippen molar-refractivity contribution in [2.45, 2.75) is 25.9 Å². The van der Waals surface area contributed by atoms with Crippen LogP contribution < -0.4 is 0 Å². The third-order valence-corrected chi connectivity index (χ3v) is 3.00. The summed E-state index contributed by atoms with van der Waals surface area (Å²) in [6.45, 7) is 1.90. The van der Waals surface area contributed by atoms with Crippen molar-refractivity contribution < 1.29 is 5.11 Å². The topological polar surface area (TPSA) is 20.2 Å². The van der Waals surface area contributed by atoms with E-state index in [0.717, 1.165) is 0 Å². The van der Waals surface area contributed by atoms with E-state index in [0.29, 0.717) is 5.92 Å². The molecule has 0 aliphatic carbocycles. The van der Waals surface area contributed by atoms with E-state index in [9.17, 15) is 0 Å². The van der Waals surface area contributed by atoms with Crippen LogP contribution in [0.4, 0.5) is 0 Å². The zero-order valence-electron chi connectivity index (χ0n) is 5.84. The first-order chi connectivity index (χ1) is 4.30. The second kappa shape index (κ2) is 3.47. The zero-order chi connectivity index (χ0) is 6.69. The van der Waals surface area contributed by atoms with Gasteiger partial charge in [0.25, 0.3) is 0 Å². The molecule has 1 N–H and O–H groups in total. The smallest absolute Gasteiger partial charge is 0.0540 e. The predicted molar refractivity (Wildman–Crippen MR) is 41.7 cm³/mol. The summed E-state index contributed by atoms with van der Waals surface area (Å²) in [4.78, 5) is 0. The fourth-order valence-electron chi connectivity index (χ4n) is 1.20. The zero-order valence-corrected chi connectivity index (χ0v) is 6.66. The van der Waals surface area contributed by atoms with Crippen LogP contribution in [0, 0.1) is 5.92 Å². The van der Waals surface area contributed by atoms with Crippen molar-refractivity contribution in [2.75, 3.05) is 11.5 Å². The second-order valence-corrected chi connectivity index (χ2v) is 3.92. The molecule has 0 bridgehead atoms. The van der Waals surface area contributed by atoms with Crippen molar-refractivity contribution in [3.8, 4) is 0 Å². The Morgan fingerprint density at radius 3 is 2.33 bits per heavy atom. The molecule has 0 amide bonds. The molecule has 1 nitrogen and oxygen atoms in total. The minimum absolute atomic E-state index is 0.0779. The van der Waals surface area contributed by atoms with Gasteiger partial charge in [-0.15, -0.1) is 0 Å². The molecule has 1 unspecified atom stereocenters. The quantitative estimate of drug-likeness (QED) is 0.605. The maximum absolute atomic E-state index is 9.17. The van der Waals surface area contributed by atoms with Gasteiger partial charge in [-0.1, -0.05) is 0 Å². The van der Waals surface area contributed by atoms with Gasteiger partial charge < -0.3 is 5.11 Å². The molecule has 0 aromatic heterocycles. The van der Waals surface area contributed by atoms with Gasteiger partial charge in [0.1, 0.15) is 0 Å². The minimum atomic E-state index is -0.0779. The Balaban J connectivity index is 2.23. The van der Waals surface area contributed by atoms with Crippen LogP contribution in [0.15, 0.2) is 0 Å². The van der Waals surface area contributed by atoms with Gasteiger partial charge in [0, 0.05) is 0 Å². The molecule has 1 rings (SSSR count). The van der Waals surface area contributed by atoms with E-state index in [1.807, 2.05) is 18.7 Å². The molecule has 1 saturated heterocycles. The molecule has 54 valence electrons. The first kappa shape index (κ1) is 7.42. The van der Waals surface area contributed by atoms with Gasteiger partial charge in [0.15, 0.2) is 0 Å². The lowest BCUT2D eigenvalue weighted by Gasteiger charge is -2.23. The molecular formula is C7H14OS. The van der Waals surface area contributed by atoms with Crippen LogP contribution in [0.1, 0.15) is 19.8 Å². The summed E-state index contributed by atoms with van der Waals surface area (Å²) in [7, 11) is 0. The van der Waals surface area contributed by atoms with Crippen LogP contribution in [0.2, 0.25) is 0 Å². The lowest BCUT2D eigenvalue weighted by atomic mass is 9.97. The number of hydrogen-bond acceptors (Lipinski definition) is 2. The lowest BCUT2D eigenvalue weighted by molar-refractivity contribution is 0.120. The number of thioether (sulfide) groups is 1. The molecule has 1 aliphatic rings. The van der Waals surface area contributed by atoms with Crippen LogP contribution in [-0.4, -0.2) is 22.7 Å². The highest BCUT2D eigenvalue weighted by Gasteiger charge is 2.17. The van der Waals surface area contributed by atoms with Gasteiger partial charge in [-0.25, -0.2) is 0 Å². The fraction of sp³-hybridized carbons (Fsp3) is 1.00. The molecule has 1 aliphatic heterocycles. The molecule has 1 atom stereocenters. The van der Waals surface area contributed by atoms with E-state index >= 15 is 0 Å². The summed E-state index contributed by atoms with van der Waals surface area (Å²) in [5.74, 6) is 3.08. The van der Waals surface area contributed by atoms with Crippen LogP contribution in [0.5, 0.6) is 0 Å². The molecule has 0 spiro atoms. The maximum Gasteiger partial charge on any atom is 0.0540 e. The molecule has 0 aromatic rings. The molecule has 1 heterocycles. The maximum atomic E-state index is 9.17. The standard InChI is InChI=1S/C7H14OS/c1-6(8)7-2-4-9-5-3-7/h6-8H,2-5H2,1H3. The van der Waals surface area contributed by atoms with E-state index in [4.69, 9.17) is 5.11 Å².